The van der Waals surface area contributed by atoms with Crippen molar-refractivity contribution in [3.05, 3.63) is 11.6 Å². The molecule has 0 amide bonds. The fourth-order valence-electron chi connectivity index (χ4n) is 1.81. The first-order valence-corrected chi connectivity index (χ1v) is 6.49. The monoisotopic (exact) mass is 225 g/mol. The van der Waals surface area contributed by atoms with Crippen molar-refractivity contribution < 1.29 is 9.47 Å². The normalized spacial score (nSPS) is 20.9. The molecule has 1 N–H and O–H groups in total. The largest absolute Gasteiger partial charge is 0.381 e. The van der Waals surface area contributed by atoms with Crippen LogP contribution in [0.15, 0.2) is 11.6 Å². The van der Waals surface area contributed by atoms with E-state index in [1.807, 2.05) is 0 Å². The van der Waals surface area contributed by atoms with Gasteiger partial charge in [0.25, 0.3) is 0 Å². The van der Waals surface area contributed by atoms with Crippen molar-refractivity contribution in [2.24, 2.45) is 5.92 Å². The van der Waals surface area contributed by atoms with Crippen molar-refractivity contribution in [2.75, 3.05) is 39.5 Å². The molecule has 16 heavy (non-hydrogen) atoms. The summed E-state index contributed by atoms with van der Waals surface area (Å²) in [4.78, 5) is 0. The summed E-state index contributed by atoms with van der Waals surface area (Å²) in [6.07, 6.45) is 7.24. The maximum atomic E-state index is 5.57. The fourth-order valence-corrected chi connectivity index (χ4v) is 1.81. The lowest BCUT2D eigenvalue weighted by Crippen LogP contribution is -2.23. The minimum absolute atomic E-state index is 0.811. The summed E-state index contributed by atoms with van der Waals surface area (Å²) in [5, 5.41) is 3.43. The molecule has 0 atom stereocenters. The van der Waals surface area contributed by atoms with Crippen LogP contribution >= 0.6 is 0 Å². The van der Waals surface area contributed by atoms with Gasteiger partial charge < -0.3 is 14.8 Å². The van der Waals surface area contributed by atoms with E-state index >= 15 is 0 Å². The molecule has 0 unspecified atom stereocenters. The Hall–Kier alpha value is -0.380. The Morgan fingerprint density at radius 2 is 2.38 bits per heavy atom. The van der Waals surface area contributed by atoms with E-state index in [0.717, 1.165) is 58.3 Å². The molecular weight excluding hydrogens is 202 g/mol. The lowest BCUT2D eigenvalue weighted by Gasteiger charge is -2.14. The van der Waals surface area contributed by atoms with Crippen LogP contribution < -0.4 is 5.32 Å². The maximum absolute atomic E-state index is 5.57. The van der Waals surface area contributed by atoms with Crippen molar-refractivity contribution in [1.29, 1.82) is 0 Å². The number of hydrogen-bond donors (Lipinski definition) is 1. The summed E-state index contributed by atoms with van der Waals surface area (Å²) in [5.74, 6) is 0.887. The molecular formula is C13H23NO2. The molecule has 1 heterocycles. The van der Waals surface area contributed by atoms with Crippen molar-refractivity contribution in [3.8, 4) is 0 Å². The Bertz CT molecular complexity index is 224. The van der Waals surface area contributed by atoms with Gasteiger partial charge >= 0.3 is 0 Å². The van der Waals surface area contributed by atoms with E-state index in [9.17, 15) is 0 Å². The summed E-state index contributed by atoms with van der Waals surface area (Å²) in [5.41, 5.74) is 1.39. The molecule has 0 saturated heterocycles. The first-order chi connectivity index (χ1) is 7.95. The molecule has 2 aliphatic rings. The SMILES string of the molecule is C1=C(CNCCCOCC2CC2)COCC1. The highest BCUT2D eigenvalue weighted by Crippen LogP contribution is 2.28. The van der Waals surface area contributed by atoms with Crippen LogP contribution in [0.4, 0.5) is 0 Å². The molecule has 0 radical (unpaired) electrons. The molecule has 0 aromatic heterocycles. The molecule has 0 bridgehead atoms. The van der Waals surface area contributed by atoms with E-state index in [-0.39, 0.29) is 0 Å². The number of nitrogens with one attached hydrogen (secondary N) is 1. The highest BCUT2D eigenvalue weighted by Gasteiger charge is 2.20. The molecule has 3 nitrogen and oxygen atoms in total. The van der Waals surface area contributed by atoms with E-state index in [1.165, 1.54) is 18.4 Å². The zero-order valence-electron chi connectivity index (χ0n) is 10.0. The van der Waals surface area contributed by atoms with Gasteiger partial charge in [-0.1, -0.05) is 6.08 Å². The quantitative estimate of drug-likeness (QED) is 0.504. The molecule has 92 valence electrons. The summed E-state index contributed by atoms with van der Waals surface area (Å²) < 4.78 is 10.9. The molecule has 3 heteroatoms. The van der Waals surface area contributed by atoms with Gasteiger partial charge in [0.05, 0.1) is 13.2 Å². The Morgan fingerprint density at radius 3 is 3.12 bits per heavy atom. The van der Waals surface area contributed by atoms with Crippen LogP contribution in [0.2, 0.25) is 0 Å². The highest BCUT2D eigenvalue weighted by molar-refractivity contribution is 5.06. The standard InChI is InChI=1S/C13H23NO2/c1-3-13(11-15-7-1)9-14-6-2-8-16-10-12-4-5-12/h3,12,14H,1-2,4-11H2. The van der Waals surface area contributed by atoms with Crippen molar-refractivity contribution in [3.63, 3.8) is 0 Å². The van der Waals surface area contributed by atoms with Gasteiger partial charge in [-0.15, -0.1) is 0 Å². The van der Waals surface area contributed by atoms with Gasteiger partial charge in [0.1, 0.15) is 0 Å². The number of hydrogen-bond acceptors (Lipinski definition) is 3. The van der Waals surface area contributed by atoms with Gasteiger partial charge in [0, 0.05) is 19.8 Å². The van der Waals surface area contributed by atoms with Crippen LogP contribution in [0.3, 0.4) is 0 Å². The first-order valence-electron chi connectivity index (χ1n) is 6.49. The van der Waals surface area contributed by atoms with Gasteiger partial charge in [-0.05, 0) is 43.7 Å². The van der Waals surface area contributed by atoms with Gasteiger partial charge in [-0.2, -0.15) is 0 Å². The second-order valence-corrected chi connectivity index (χ2v) is 4.75. The lowest BCUT2D eigenvalue weighted by atomic mass is 10.2. The average molecular weight is 225 g/mol. The Morgan fingerprint density at radius 1 is 1.44 bits per heavy atom. The number of ether oxygens (including phenoxy) is 2. The average Bonchev–Trinajstić information content (AvgIpc) is 3.13. The van der Waals surface area contributed by atoms with Crippen LogP contribution in [-0.2, 0) is 9.47 Å². The third-order valence-electron chi connectivity index (χ3n) is 3.03. The first kappa shape index (κ1) is 12.1. The molecule has 1 fully saturated rings. The third-order valence-corrected chi connectivity index (χ3v) is 3.03. The van der Waals surface area contributed by atoms with Crippen molar-refractivity contribution in [1.82, 2.24) is 5.32 Å². The zero-order valence-corrected chi connectivity index (χ0v) is 10.0. The lowest BCUT2D eigenvalue weighted by molar-refractivity contribution is 0.122. The van der Waals surface area contributed by atoms with Crippen molar-refractivity contribution >= 4 is 0 Å². The van der Waals surface area contributed by atoms with E-state index in [1.54, 1.807) is 0 Å². The highest BCUT2D eigenvalue weighted by atomic mass is 16.5. The number of rotatable bonds is 8. The zero-order chi connectivity index (χ0) is 11.1. The summed E-state index contributed by atoms with van der Waals surface area (Å²) in [6, 6.07) is 0. The van der Waals surface area contributed by atoms with Gasteiger partial charge in [0.15, 0.2) is 0 Å². The van der Waals surface area contributed by atoms with Crippen LogP contribution in [-0.4, -0.2) is 39.5 Å². The second kappa shape index (κ2) is 7.05. The molecule has 1 saturated carbocycles. The molecule has 1 aliphatic heterocycles. The second-order valence-electron chi connectivity index (χ2n) is 4.75. The fraction of sp³-hybridized carbons (Fsp3) is 0.846. The molecule has 0 aromatic rings. The summed E-state index contributed by atoms with van der Waals surface area (Å²) >= 11 is 0. The third kappa shape index (κ3) is 5.10. The minimum atomic E-state index is 0.811. The Kier molecular flexibility index (Phi) is 5.32. The Labute approximate surface area is 98.2 Å². The van der Waals surface area contributed by atoms with Crippen molar-refractivity contribution in [2.45, 2.75) is 25.7 Å². The topological polar surface area (TPSA) is 30.5 Å². The van der Waals surface area contributed by atoms with Gasteiger partial charge in [-0.25, -0.2) is 0 Å². The van der Waals surface area contributed by atoms with Gasteiger partial charge in [-0.3, -0.25) is 0 Å². The van der Waals surface area contributed by atoms with Crippen LogP contribution in [0.25, 0.3) is 0 Å². The van der Waals surface area contributed by atoms with Gasteiger partial charge in [0.2, 0.25) is 0 Å². The Balaban J connectivity index is 1.37. The molecule has 0 aromatic carbocycles. The van der Waals surface area contributed by atoms with E-state index < -0.39 is 0 Å². The smallest absolute Gasteiger partial charge is 0.0689 e. The molecule has 2 rings (SSSR count). The minimum Gasteiger partial charge on any atom is -0.381 e. The van der Waals surface area contributed by atoms with Crippen LogP contribution in [0.1, 0.15) is 25.7 Å². The van der Waals surface area contributed by atoms with E-state index in [2.05, 4.69) is 11.4 Å². The molecule has 0 spiro atoms. The maximum Gasteiger partial charge on any atom is 0.0689 e. The predicted molar refractivity (Wildman–Crippen MR) is 64.5 cm³/mol. The van der Waals surface area contributed by atoms with Crippen LogP contribution in [0, 0.1) is 5.92 Å². The van der Waals surface area contributed by atoms with E-state index in [4.69, 9.17) is 9.47 Å². The predicted octanol–water partition coefficient (Wildman–Crippen LogP) is 1.74. The van der Waals surface area contributed by atoms with E-state index in [0.29, 0.717) is 0 Å². The summed E-state index contributed by atoms with van der Waals surface area (Å²) in [6.45, 7) is 5.60. The molecule has 1 aliphatic carbocycles. The summed E-state index contributed by atoms with van der Waals surface area (Å²) in [7, 11) is 0. The van der Waals surface area contributed by atoms with Crippen LogP contribution in [0.5, 0.6) is 0 Å².